The molecule has 0 saturated heterocycles. The molecular weight excluding hydrogens is 1260 g/mol. The molecule has 0 rings (SSSR count). The molecule has 0 saturated carbocycles. The van der Waals surface area contributed by atoms with Gasteiger partial charge in [0.25, 0.3) is 0 Å². The number of aliphatic hydroxyl groups is 1. The van der Waals surface area contributed by atoms with Gasteiger partial charge in [-0.15, -0.1) is 0 Å². The van der Waals surface area contributed by atoms with Gasteiger partial charge in [0.2, 0.25) is 0 Å². The van der Waals surface area contributed by atoms with E-state index in [1.165, 1.54) is 103 Å². The number of hydrogen-bond acceptors (Lipinski definition) is 15. The summed E-state index contributed by atoms with van der Waals surface area (Å²) >= 11 is 0. The summed E-state index contributed by atoms with van der Waals surface area (Å²) < 4.78 is 68.4. The Morgan fingerprint density at radius 2 is 0.552 bits per heavy atom. The summed E-state index contributed by atoms with van der Waals surface area (Å²) in [5.41, 5.74) is 0. The Morgan fingerprint density at radius 1 is 0.302 bits per heavy atom. The van der Waals surface area contributed by atoms with Crippen molar-refractivity contribution in [1.29, 1.82) is 0 Å². The van der Waals surface area contributed by atoms with Crippen molar-refractivity contribution in [2.24, 2.45) is 0 Å². The maximum Gasteiger partial charge on any atom is 0.472 e. The highest BCUT2D eigenvalue weighted by atomic mass is 31.2. The molecule has 0 spiro atoms. The van der Waals surface area contributed by atoms with Crippen LogP contribution in [0.3, 0.4) is 0 Å². The summed E-state index contributed by atoms with van der Waals surface area (Å²) in [6.45, 7) is 4.74. The van der Waals surface area contributed by atoms with Gasteiger partial charge in [-0.3, -0.25) is 37.3 Å². The first-order chi connectivity index (χ1) is 46.7. The van der Waals surface area contributed by atoms with Crippen molar-refractivity contribution in [3.63, 3.8) is 0 Å². The van der Waals surface area contributed by atoms with Crippen LogP contribution in [0.25, 0.3) is 0 Å². The van der Waals surface area contributed by atoms with E-state index in [1.807, 2.05) is 0 Å². The third-order valence-corrected chi connectivity index (χ3v) is 18.4. The van der Waals surface area contributed by atoms with Gasteiger partial charge in [0.05, 0.1) is 26.4 Å². The molecule has 0 amide bonds. The lowest BCUT2D eigenvalue weighted by Gasteiger charge is -2.21. The van der Waals surface area contributed by atoms with Crippen molar-refractivity contribution in [2.45, 2.75) is 367 Å². The molecule has 3 N–H and O–H groups in total. The number of esters is 4. The second-order valence-corrected chi connectivity index (χ2v) is 28.8. The van der Waals surface area contributed by atoms with E-state index < -0.39 is 97.5 Å². The van der Waals surface area contributed by atoms with Crippen molar-refractivity contribution < 1.29 is 80.2 Å². The lowest BCUT2D eigenvalue weighted by atomic mass is 10.0. The Kier molecular flexibility index (Phi) is 67.8. The highest BCUT2D eigenvalue weighted by Gasteiger charge is 2.30. The molecule has 0 radical (unpaired) electrons. The quantitative estimate of drug-likeness (QED) is 0.0169. The SMILES string of the molecule is CC/C=C\C/C=C\C/C=C\CCCCCCCCCC(=O)OCC(COP(=O)(O)OCC(O)COP(=O)(O)OCC(COC(=O)CCCCCCC/C=C\CCCCCCCC)OC(=O)CCCCCCCCCCCCCCC)OC(=O)CCCCCCC/C=C\CCCC. The molecule has 0 aliphatic rings. The number of aliphatic hydroxyl groups excluding tert-OH is 1. The van der Waals surface area contributed by atoms with E-state index in [2.05, 4.69) is 88.5 Å². The fourth-order valence-electron chi connectivity index (χ4n) is 10.6. The molecule has 0 bridgehead atoms. The molecule has 0 heterocycles. The average molecular weight is 1400 g/mol. The van der Waals surface area contributed by atoms with Crippen LogP contribution < -0.4 is 0 Å². The van der Waals surface area contributed by atoms with Crippen LogP contribution in [0.5, 0.6) is 0 Å². The molecule has 560 valence electrons. The number of hydrogen-bond donors (Lipinski definition) is 3. The van der Waals surface area contributed by atoms with E-state index in [1.54, 1.807) is 0 Å². The number of unbranched alkanes of at least 4 members (excludes halogenated alkanes) is 37. The second kappa shape index (κ2) is 70.2. The van der Waals surface area contributed by atoms with Crippen LogP contribution in [0.2, 0.25) is 0 Å². The number of rotatable bonds is 73. The smallest absolute Gasteiger partial charge is 0.462 e. The third kappa shape index (κ3) is 69.2. The molecule has 19 heteroatoms. The van der Waals surface area contributed by atoms with Crippen molar-refractivity contribution in [2.75, 3.05) is 39.6 Å². The third-order valence-electron chi connectivity index (χ3n) is 16.5. The number of phosphoric acid groups is 2. The predicted molar refractivity (Wildman–Crippen MR) is 390 cm³/mol. The lowest BCUT2D eigenvalue weighted by molar-refractivity contribution is -0.161. The molecule has 5 unspecified atom stereocenters. The first-order valence-electron chi connectivity index (χ1n) is 38.5. The normalized spacial score (nSPS) is 14.3. The molecule has 0 aromatic heterocycles. The van der Waals surface area contributed by atoms with Crippen LogP contribution in [-0.2, 0) is 65.4 Å². The van der Waals surface area contributed by atoms with Crippen molar-refractivity contribution in [3.8, 4) is 0 Å². The van der Waals surface area contributed by atoms with Crippen molar-refractivity contribution >= 4 is 39.5 Å². The standard InChI is InChI=1S/C77H140O17P2/c1-5-9-13-17-21-25-29-32-34-35-37-40-43-46-50-54-58-62-75(80)87-67-72(93-76(81)63-59-55-51-47-41-28-24-20-16-12-8-4)69-91-95(83,84)89-65-71(78)66-90-96(85,86)92-70-73(94-77(82)64-60-56-52-48-44-38-31-27-23-19-15-11-7-3)68-88-74(79)61-57-53-49-45-42-39-36-33-30-26-22-18-14-10-6-2/h9,13,20-21,24-25,32-34,36,71-73,78H,5-8,10-12,14-19,22-23,26-31,35,37-70H2,1-4H3,(H,83,84)(H,85,86)/b13-9-,24-20-,25-21-,34-32-,36-33-. The van der Waals surface area contributed by atoms with Crippen LogP contribution in [0.15, 0.2) is 60.8 Å². The summed E-state index contributed by atoms with van der Waals surface area (Å²) in [6, 6.07) is 0. The molecule has 96 heavy (non-hydrogen) atoms. The zero-order valence-electron chi connectivity index (χ0n) is 61.1. The second-order valence-electron chi connectivity index (χ2n) is 25.9. The fraction of sp³-hybridized carbons (Fsp3) is 0.818. The van der Waals surface area contributed by atoms with Crippen LogP contribution in [-0.4, -0.2) is 96.7 Å². The maximum absolute atomic E-state index is 13.1. The Hall–Kier alpha value is -3.24. The van der Waals surface area contributed by atoms with E-state index in [-0.39, 0.29) is 25.7 Å². The number of ether oxygens (including phenoxy) is 4. The van der Waals surface area contributed by atoms with Crippen LogP contribution in [0, 0.1) is 0 Å². The molecule has 0 aliphatic heterocycles. The molecule has 17 nitrogen and oxygen atoms in total. The Bertz CT molecular complexity index is 2060. The molecule has 0 aromatic rings. The number of allylic oxidation sites excluding steroid dienone is 10. The monoisotopic (exact) mass is 1400 g/mol. The minimum absolute atomic E-state index is 0.0854. The topological polar surface area (TPSA) is 237 Å². The van der Waals surface area contributed by atoms with Gasteiger partial charge in [-0.2, -0.15) is 0 Å². The zero-order chi connectivity index (χ0) is 70.4. The van der Waals surface area contributed by atoms with Crippen molar-refractivity contribution in [3.05, 3.63) is 60.8 Å². The van der Waals surface area contributed by atoms with Gasteiger partial charge in [0.1, 0.15) is 19.3 Å². The summed E-state index contributed by atoms with van der Waals surface area (Å²) in [6.07, 6.45) is 67.8. The zero-order valence-corrected chi connectivity index (χ0v) is 62.8. The van der Waals surface area contributed by atoms with Gasteiger partial charge in [-0.1, -0.05) is 281 Å². The highest BCUT2D eigenvalue weighted by Crippen LogP contribution is 2.45. The Balaban J connectivity index is 5.29. The van der Waals surface area contributed by atoms with Gasteiger partial charge in [-0.25, -0.2) is 9.13 Å². The van der Waals surface area contributed by atoms with E-state index in [0.29, 0.717) is 25.7 Å². The Labute approximate surface area is 584 Å². The van der Waals surface area contributed by atoms with Crippen LogP contribution in [0.1, 0.15) is 349 Å². The number of carbonyl (C=O) groups excluding carboxylic acids is 4. The van der Waals surface area contributed by atoms with Gasteiger partial charge >= 0.3 is 39.5 Å². The Morgan fingerprint density at radius 3 is 0.875 bits per heavy atom. The fourth-order valence-corrected chi connectivity index (χ4v) is 12.1. The molecule has 0 aromatic carbocycles. The summed E-state index contributed by atoms with van der Waals surface area (Å²) in [4.78, 5) is 72.8. The molecule has 5 atom stereocenters. The highest BCUT2D eigenvalue weighted by molar-refractivity contribution is 7.47. The van der Waals surface area contributed by atoms with Gasteiger partial charge < -0.3 is 33.8 Å². The van der Waals surface area contributed by atoms with Gasteiger partial charge in [-0.05, 0) is 103 Å². The molecular formula is C77H140O17P2. The van der Waals surface area contributed by atoms with E-state index in [4.69, 9.17) is 37.0 Å². The van der Waals surface area contributed by atoms with E-state index >= 15 is 0 Å². The minimum atomic E-state index is -4.97. The van der Waals surface area contributed by atoms with Gasteiger partial charge in [0.15, 0.2) is 12.2 Å². The van der Waals surface area contributed by atoms with Gasteiger partial charge in [0, 0.05) is 25.7 Å². The average Bonchev–Trinajstić information content (AvgIpc) is 1.13. The van der Waals surface area contributed by atoms with E-state index in [9.17, 15) is 43.2 Å². The molecule has 0 fully saturated rings. The number of phosphoric ester groups is 2. The minimum Gasteiger partial charge on any atom is -0.462 e. The number of carbonyl (C=O) groups is 4. The predicted octanol–water partition coefficient (Wildman–Crippen LogP) is 21.9. The largest absolute Gasteiger partial charge is 0.472 e. The first kappa shape index (κ1) is 92.8. The maximum atomic E-state index is 13.1. The molecule has 0 aliphatic carbocycles. The summed E-state index contributed by atoms with van der Waals surface area (Å²) in [7, 11) is -9.93. The van der Waals surface area contributed by atoms with Crippen LogP contribution >= 0.6 is 15.6 Å². The first-order valence-corrected chi connectivity index (χ1v) is 41.5. The van der Waals surface area contributed by atoms with Crippen molar-refractivity contribution in [1.82, 2.24) is 0 Å². The van der Waals surface area contributed by atoms with Crippen LogP contribution in [0.4, 0.5) is 0 Å². The summed E-state index contributed by atoms with van der Waals surface area (Å²) in [5, 5.41) is 10.6. The lowest BCUT2D eigenvalue weighted by Crippen LogP contribution is -2.30. The summed E-state index contributed by atoms with van der Waals surface area (Å²) in [5.74, 6) is -2.17. The van der Waals surface area contributed by atoms with E-state index in [0.717, 1.165) is 167 Å².